The molecule has 0 aliphatic carbocycles. The first-order chi connectivity index (χ1) is 14.0. The van der Waals surface area contributed by atoms with Crippen LogP contribution in [0.4, 0.5) is 15.8 Å². The predicted molar refractivity (Wildman–Crippen MR) is 115 cm³/mol. The molecule has 2 N–H and O–H groups in total. The standard InChI is InChI=1S/C20H21N5O2S2/c21-20-22-18(19(28-20)24-23-16-7-3-1-4-8-16)15-9-11-17(12-10-15)29(26,27)25-13-5-2-6-14-25/h1,3-4,7-12H,2,5-6,13-14H2,(H2,21,22). The van der Waals surface area contributed by atoms with E-state index in [-0.39, 0.29) is 0 Å². The van der Waals surface area contributed by atoms with Crippen LogP contribution in [0.2, 0.25) is 0 Å². The maximum Gasteiger partial charge on any atom is 0.243 e. The van der Waals surface area contributed by atoms with Crippen molar-refractivity contribution < 1.29 is 8.42 Å². The number of hydrogen-bond acceptors (Lipinski definition) is 7. The van der Waals surface area contributed by atoms with Crippen molar-refractivity contribution in [3.05, 3.63) is 54.6 Å². The fourth-order valence-corrected chi connectivity index (χ4v) is 5.41. The molecule has 0 bridgehead atoms. The van der Waals surface area contributed by atoms with Gasteiger partial charge in [0, 0.05) is 18.7 Å². The molecule has 0 spiro atoms. The van der Waals surface area contributed by atoms with Gasteiger partial charge < -0.3 is 5.73 Å². The number of piperidine rings is 1. The topological polar surface area (TPSA) is 101 Å². The number of rotatable bonds is 5. The summed E-state index contributed by atoms with van der Waals surface area (Å²) in [6.45, 7) is 1.16. The van der Waals surface area contributed by atoms with Crippen LogP contribution in [0.5, 0.6) is 0 Å². The number of sulfonamides is 1. The van der Waals surface area contributed by atoms with E-state index in [4.69, 9.17) is 5.73 Å². The van der Waals surface area contributed by atoms with Gasteiger partial charge in [0.25, 0.3) is 0 Å². The monoisotopic (exact) mass is 427 g/mol. The van der Waals surface area contributed by atoms with E-state index in [1.165, 1.54) is 11.3 Å². The minimum absolute atomic E-state index is 0.291. The van der Waals surface area contributed by atoms with Crippen molar-refractivity contribution in [2.24, 2.45) is 10.2 Å². The summed E-state index contributed by atoms with van der Waals surface area (Å²) in [6, 6.07) is 16.1. The number of thiazole rings is 1. The number of hydrogen-bond donors (Lipinski definition) is 1. The molecule has 3 aromatic rings. The molecule has 2 aromatic carbocycles. The second kappa shape index (κ2) is 8.40. The maximum atomic E-state index is 12.8. The van der Waals surface area contributed by atoms with Gasteiger partial charge in [0.05, 0.1) is 10.6 Å². The highest BCUT2D eigenvalue weighted by atomic mass is 32.2. The van der Waals surface area contributed by atoms with Crippen LogP contribution in [0.3, 0.4) is 0 Å². The van der Waals surface area contributed by atoms with Gasteiger partial charge in [-0.25, -0.2) is 13.4 Å². The van der Waals surface area contributed by atoms with Crippen molar-refractivity contribution in [2.45, 2.75) is 24.2 Å². The fourth-order valence-electron chi connectivity index (χ4n) is 3.22. The maximum absolute atomic E-state index is 12.8. The van der Waals surface area contributed by atoms with Gasteiger partial charge >= 0.3 is 0 Å². The molecule has 1 saturated heterocycles. The normalized spacial score (nSPS) is 15.7. The lowest BCUT2D eigenvalue weighted by molar-refractivity contribution is 0.346. The summed E-state index contributed by atoms with van der Waals surface area (Å²) < 4.78 is 27.2. The van der Waals surface area contributed by atoms with Gasteiger partial charge in [-0.05, 0) is 37.1 Å². The molecule has 0 unspecified atom stereocenters. The summed E-state index contributed by atoms with van der Waals surface area (Å²) in [5.41, 5.74) is 7.96. The molecule has 29 heavy (non-hydrogen) atoms. The number of nitrogens with two attached hydrogens (primary N) is 1. The van der Waals surface area contributed by atoms with Gasteiger partial charge in [-0.2, -0.15) is 4.31 Å². The Bertz CT molecular complexity index is 1100. The Labute approximate surface area is 174 Å². The molecule has 7 nitrogen and oxygen atoms in total. The minimum Gasteiger partial charge on any atom is -0.375 e. The van der Waals surface area contributed by atoms with Gasteiger partial charge in [-0.15, -0.1) is 10.2 Å². The van der Waals surface area contributed by atoms with Gasteiger partial charge in [-0.1, -0.05) is 48.1 Å². The van der Waals surface area contributed by atoms with Gasteiger partial charge in [0.2, 0.25) is 10.0 Å². The summed E-state index contributed by atoms with van der Waals surface area (Å²) in [6.07, 6.45) is 2.90. The van der Waals surface area contributed by atoms with E-state index < -0.39 is 10.0 Å². The molecule has 4 rings (SSSR count). The molecule has 150 valence electrons. The Kier molecular flexibility index (Phi) is 5.70. The number of benzene rings is 2. The molecule has 0 atom stereocenters. The van der Waals surface area contributed by atoms with E-state index >= 15 is 0 Å². The fraction of sp³-hybridized carbons (Fsp3) is 0.250. The van der Waals surface area contributed by atoms with Crippen LogP contribution < -0.4 is 5.73 Å². The van der Waals surface area contributed by atoms with Crippen molar-refractivity contribution in [2.75, 3.05) is 18.8 Å². The van der Waals surface area contributed by atoms with E-state index in [2.05, 4.69) is 15.2 Å². The predicted octanol–water partition coefficient (Wildman–Crippen LogP) is 4.98. The summed E-state index contributed by atoms with van der Waals surface area (Å²) in [7, 11) is -3.46. The number of anilines is 1. The van der Waals surface area contributed by atoms with E-state index in [9.17, 15) is 8.42 Å². The Morgan fingerprint density at radius 2 is 1.62 bits per heavy atom. The Morgan fingerprint density at radius 1 is 0.931 bits per heavy atom. The number of nitrogens with zero attached hydrogens (tertiary/aromatic N) is 4. The van der Waals surface area contributed by atoms with E-state index in [1.54, 1.807) is 28.6 Å². The molecule has 1 fully saturated rings. The van der Waals surface area contributed by atoms with Crippen LogP contribution in [0.15, 0.2) is 69.7 Å². The zero-order valence-electron chi connectivity index (χ0n) is 15.7. The van der Waals surface area contributed by atoms with Crippen molar-refractivity contribution in [3.63, 3.8) is 0 Å². The van der Waals surface area contributed by atoms with Crippen LogP contribution >= 0.6 is 11.3 Å². The Balaban J connectivity index is 1.60. The lowest BCUT2D eigenvalue weighted by Gasteiger charge is -2.25. The molecule has 0 amide bonds. The molecule has 1 aromatic heterocycles. The summed E-state index contributed by atoms with van der Waals surface area (Å²) in [5.74, 6) is 0. The zero-order valence-corrected chi connectivity index (χ0v) is 17.4. The smallest absolute Gasteiger partial charge is 0.243 e. The van der Waals surface area contributed by atoms with Gasteiger partial charge in [0.1, 0.15) is 5.69 Å². The second-order valence-corrected chi connectivity index (χ2v) is 9.68. The number of azo groups is 1. The molecular weight excluding hydrogens is 406 g/mol. The first-order valence-corrected chi connectivity index (χ1v) is 11.6. The minimum atomic E-state index is -3.46. The third kappa shape index (κ3) is 4.36. The zero-order chi connectivity index (χ0) is 20.3. The molecule has 9 heteroatoms. The van der Waals surface area contributed by atoms with E-state index in [0.717, 1.165) is 30.5 Å². The number of nitrogen functional groups attached to an aromatic ring is 1. The lowest BCUT2D eigenvalue weighted by Crippen LogP contribution is -2.35. The molecular formula is C20H21N5O2S2. The average Bonchev–Trinajstić information content (AvgIpc) is 3.14. The molecule has 1 aliphatic heterocycles. The molecule has 0 radical (unpaired) electrons. The highest BCUT2D eigenvalue weighted by molar-refractivity contribution is 7.89. The quantitative estimate of drug-likeness (QED) is 0.580. The SMILES string of the molecule is Nc1nc(-c2ccc(S(=O)(=O)N3CCCCC3)cc2)c(N=Nc2ccccc2)s1. The van der Waals surface area contributed by atoms with Crippen LogP contribution in [-0.4, -0.2) is 30.8 Å². The van der Waals surface area contributed by atoms with Crippen molar-refractivity contribution in [3.8, 4) is 11.3 Å². The van der Waals surface area contributed by atoms with Crippen LogP contribution in [0.25, 0.3) is 11.3 Å². The Morgan fingerprint density at radius 3 is 2.31 bits per heavy atom. The first kappa shape index (κ1) is 19.7. The average molecular weight is 428 g/mol. The van der Waals surface area contributed by atoms with Crippen molar-refractivity contribution in [1.29, 1.82) is 0 Å². The third-order valence-corrected chi connectivity index (χ3v) is 7.40. The summed E-state index contributed by atoms with van der Waals surface area (Å²) in [5, 5.41) is 9.49. The van der Waals surface area contributed by atoms with Crippen molar-refractivity contribution >= 4 is 37.2 Å². The highest BCUT2D eigenvalue weighted by Gasteiger charge is 2.26. The van der Waals surface area contributed by atoms with Crippen molar-refractivity contribution in [1.82, 2.24) is 9.29 Å². The second-order valence-electron chi connectivity index (χ2n) is 6.73. The molecule has 2 heterocycles. The van der Waals surface area contributed by atoms with Crippen LogP contribution in [-0.2, 0) is 10.0 Å². The van der Waals surface area contributed by atoms with E-state index in [0.29, 0.717) is 33.8 Å². The summed E-state index contributed by atoms with van der Waals surface area (Å²) >= 11 is 1.24. The highest BCUT2D eigenvalue weighted by Crippen LogP contribution is 2.38. The third-order valence-electron chi connectivity index (χ3n) is 4.72. The number of aromatic nitrogens is 1. The first-order valence-electron chi connectivity index (χ1n) is 9.38. The Hall–Kier alpha value is -2.62. The molecule has 1 aliphatic rings. The largest absolute Gasteiger partial charge is 0.375 e. The summed E-state index contributed by atoms with van der Waals surface area (Å²) in [4.78, 5) is 4.65. The van der Waals surface area contributed by atoms with Gasteiger partial charge in [0.15, 0.2) is 10.1 Å². The molecule has 0 saturated carbocycles. The lowest BCUT2D eigenvalue weighted by atomic mass is 10.2. The van der Waals surface area contributed by atoms with Crippen LogP contribution in [0, 0.1) is 0 Å². The van der Waals surface area contributed by atoms with Crippen LogP contribution in [0.1, 0.15) is 19.3 Å². The van der Waals surface area contributed by atoms with E-state index in [1.807, 2.05) is 30.3 Å². The van der Waals surface area contributed by atoms with Gasteiger partial charge in [-0.3, -0.25) is 0 Å².